The predicted octanol–water partition coefficient (Wildman–Crippen LogP) is 7.22. The summed E-state index contributed by atoms with van der Waals surface area (Å²) in [7, 11) is 0. The molecule has 6 rings (SSSR count). The van der Waals surface area contributed by atoms with E-state index >= 15 is 0 Å². The highest BCUT2D eigenvalue weighted by Gasteiger charge is 2.69. The van der Waals surface area contributed by atoms with Gasteiger partial charge in [-0.25, -0.2) is 0 Å². The van der Waals surface area contributed by atoms with Crippen LogP contribution in [-0.4, -0.2) is 42.9 Å². The zero-order chi connectivity index (χ0) is 27.4. The number of rotatable bonds is 1. The number of carbonyl (C=O) groups is 2. The molecule has 1 saturated heterocycles. The third kappa shape index (κ3) is 3.43. The van der Waals surface area contributed by atoms with Gasteiger partial charge in [-0.3, -0.25) is 9.59 Å². The second-order valence-corrected chi connectivity index (χ2v) is 16.4. The maximum atomic E-state index is 14.4. The number of hydrogen-bond donors (Lipinski definition) is 0. The second kappa shape index (κ2) is 8.43. The standard InChI is InChI=1S/C34H53NO3/c1-29(2)14-16-34(28(37)35-18-20-38-21-19-35)17-15-32(6)23(24(34)22-29)8-9-26-31(5)12-11-27(36)30(3,4)25(31)10-13-33(26,32)7/h8,24-26H,9-22H2,1-7H3/t24-,25-,26+,31-,32+,33+,34-/m0/s1. The van der Waals surface area contributed by atoms with Crippen LogP contribution in [0.5, 0.6) is 0 Å². The van der Waals surface area contributed by atoms with Gasteiger partial charge < -0.3 is 9.64 Å². The zero-order valence-corrected chi connectivity index (χ0v) is 25.4. The average molecular weight is 524 g/mol. The summed E-state index contributed by atoms with van der Waals surface area (Å²) in [5.41, 5.74) is 2.02. The lowest BCUT2D eigenvalue weighted by molar-refractivity contribution is -0.188. The summed E-state index contributed by atoms with van der Waals surface area (Å²) >= 11 is 0. The van der Waals surface area contributed by atoms with E-state index in [1.807, 2.05) is 0 Å². The van der Waals surface area contributed by atoms with Gasteiger partial charge in [0.2, 0.25) is 5.91 Å². The van der Waals surface area contributed by atoms with Crippen LogP contribution in [0.1, 0.15) is 113 Å². The van der Waals surface area contributed by atoms with Crippen molar-refractivity contribution in [2.45, 2.75) is 113 Å². The molecule has 0 radical (unpaired) electrons. The molecule has 7 atom stereocenters. The Morgan fingerprint density at radius 1 is 0.895 bits per heavy atom. The number of ketones is 1. The molecule has 0 spiro atoms. The minimum Gasteiger partial charge on any atom is -0.378 e. The molecule has 4 heteroatoms. The molecule has 0 aromatic rings. The molecule has 6 aliphatic rings. The fourth-order valence-corrected chi connectivity index (χ4v) is 11.5. The third-order valence-corrected chi connectivity index (χ3v) is 14.1. The highest BCUT2D eigenvalue weighted by atomic mass is 16.5. The van der Waals surface area contributed by atoms with Crippen molar-refractivity contribution in [1.82, 2.24) is 4.90 Å². The number of carbonyl (C=O) groups excluding carboxylic acids is 2. The number of nitrogens with zero attached hydrogens (tertiary/aromatic N) is 1. The third-order valence-electron chi connectivity index (χ3n) is 14.1. The van der Waals surface area contributed by atoms with E-state index in [0.29, 0.717) is 42.7 Å². The Morgan fingerprint density at radius 3 is 2.29 bits per heavy atom. The highest BCUT2D eigenvalue weighted by Crippen LogP contribution is 2.75. The van der Waals surface area contributed by atoms with Crippen LogP contribution in [-0.2, 0) is 14.3 Å². The van der Waals surface area contributed by atoms with E-state index in [9.17, 15) is 9.59 Å². The van der Waals surface area contributed by atoms with Crippen LogP contribution in [0.25, 0.3) is 0 Å². The van der Waals surface area contributed by atoms with Crippen molar-refractivity contribution in [1.29, 1.82) is 0 Å². The van der Waals surface area contributed by atoms with Gasteiger partial charge >= 0.3 is 0 Å². The molecule has 38 heavy (non-hydrogen) atoms. The Labute approximate surface area is 231 Å². The van der Waals surface area contributed by atoms with Gasteiger partial charge in [0.1, 0.15) is 5.78 Å². The van der Waals surface area contributed by atoms with E-state index in [4.69, 9.17) is 4.74 Å². The van der Waals surface area contributed by atoms with E-state index in [-0.39, 0.29) is 32.5 Å². The molecule has 4 saturated carbocycles. The van der Waals surface area contributed by atoms with Crippen molar-refractivity contribution in [2.75, 3.05) is 26.3 Å². The predicted molar refractivity (Wildman–Crippen MR) is 151 cm³/mol. The number of ether oxygens (including phenoxy) is 1. The fraction of sp³-hybridized carbons (Fsp3) is 0.882. The quantitative estimate of drug-likeness (QED) is 0.341. The Bertz CT molecular complexity index is 1050. The van der Waals surface area contributed by atoms with Gasteiger partial charge in [-0.1, -0.05) is 60.1 Å². The van der Waals surface area contributed by atoms with Gasteiger partial charge in [0.05, 0.1) is 18.6 Å². The molecule has 4 nitrogen and oxygen atoms in total. The zero-order valence-electron chi connectivity index (χ0n) is 25.4. The molecule has 0 bridgehead atoms. The number of allylic oxidation sites excluding steroid dienone is 2. The van der Waals surface area contributed by atoms with E-state index in [0.717, 1.165) is 64.5 Å². The lowest BCUT2D eigenvalue weighted by Crippen LogP contribution is -2.65. The monoisotopic (exact) mass is 523 g/mol. The smallest absolute Gasteiger partial charge is 0.229 e. The molecule has 0 N–H and O–H groups in total. The molecule has 1 heterocycles. The molecule has 1 aliphatic heterocycles. The minimum absolute atomic E-state index is 0.127. The van der Waals surface area contributed by atoms with Gasteiger partial charge in [-0.05, 0) is 97.2 Å². The molecule has 0 aromatic carbocycles. The first-order valence-electron chi connectivity index (χ1n) is 15.8. The molecule has 5 fully saturated rings. The molecule has 0 aromatic heterocycles. The van der Waals surface area contributed by atoms with E-state index in [1.54, 1.807) is 5.57 Å². The van der Waals surface area contributed by atoms with Crippen LogP contribution < -0.4 is 0 Å². The number of fused-ring (bicyclic) bond motifs is 7. The van der Waals surface area contributed by atoms with Crippen molar-refractivity contribution in [3.8, 4) is 0 Å². The first-order chi connectivity index (χ1) is 17.7. The normalized spacial score (nSPS) is 47.7. The number of hydrogen-bond acceptors (Lipinski definition) is 3. The van der Waals surface area contributed by atoms with Crippen molar-refractivity contribution in [3.63, 3.8) is 0 Å². The first kappa shape index (κ1) is 27.0. The summed E-state index contributed by atoms with van der Waals surface area (Å²) < 4.78 is 5.63. The van der Waals surface area contributed by atoms with E-state index < -0.39 is 0 Å². The summed E-state index contributed by atoms with van der Waals surface area (Å²) in [5, 5.41) is 0. The first-order valence-corrected chi connectivity index (χ1v) is 15.8. The lowest BCUT2D eigenvalue weighted by Gasteiger charge is -2.70. The van der Waals surface area contributed by atoms with Crippen LogP contribution in [0, 0.1) is 50.2 Å². The topological polar surface area (TPSA) is 46.6 Å². The summed E-state index contributed by atoms with van der Waals surface area (Å²) in [6.45, 7) is 20.0. The summed E-state index contributed by atoms with van der Waals surface area (Å²) in [6, 6.07) is 0. The Balaban J connectivity index is 1.41. The highest BCUT2D eigenvalue weighted by molar-refractivity contribution is 5.86. The van der Waals surface area contributed by atoms with Gasteiger partial charge in [-0.2, -0.15) is 0 Å². The van der Waals surface area contributed by atoms with Crippen molar-refractivity contribution in [2.24, 2.45) is 50.2 Å². The largest absolute Gasteiger partial charge is 0.378 e. The lowest BCUT2D eigenvalue weighted by atomic mass is 9.33. The molecule has 212 valence electrons. The molecule has 5 aliphatic carbocycles. The maximum absolute atomic E-state index is 14.4. The summed E-state index contributed by atoms with van der Waals surface area (Å²) in [6.07, 6.45) is 13.4. The van der Waals surface area contributed by atoms with Gasteiger partial charge in [-0.15, -0.1) is 0 Å². The Hall–Kier alpha value is -1.16. The van der Waals surface area contributed by atoms with Crippen LogP contribution in [0.3, 0.4) is 0 Å². The van der Waals surface area contributed by atoms with Gasteiger partial charge in [0.15, 0.2) is 0 Å². The fourth-order valence-electron chi connectivity index (χ4n) is 11.5. The molecular weight excluding hydrogens is 470 g/mol. The number of Topliss-reactive ketones (excluding diaryl/α,β-unsaturated/α-hetero) is 1. The summed E-state index contributed by atoms with van der Waals surface area (Å²) in [4.78, 5) is 29.6. The van der Waals surface area contributed by atoms with Crippen molar-refractivity contribution >= 4 is 11.7 Å². The summed E-state index contributed by atoms with van der Waals surface area (Å²) in [5.74, 6) is 2.35. The maximum Gasteiger partial charge on any atom is 0.229 e. The number of morpholine rings is 1. The second-order valence-electron chi connectivity index (χ2n) is 16.4. The van der Waals surface area contributed by atoms with Gasteiger partial charge in [0, 0.05) is 24.9 Å². The van der Waals surface area contributed by atoms with Crippen LogP contribution in [0.2, 0.25) is 0 Å². The van der Waals surface area contributed by atoms with Crippen molar-refractivity contribution < 1.29 is 14.3 Å². The minimum atomic E-state index is -0.234. The Morgan fingerprint density at radius 2 is 1.58 bits per heavy atom. The van der Waals surface area contributed by atoms with Crippen LogP contribution in [0.4, 0.5) is 0 Å². The van der Waals surface area contributed by atoms with E-state index in [2.05, 4.69) is 59.4 Å². The molecule has 1 amide bonds. The van der Waals surface area contributed by atoms with Crippen LogP contribution in [0.15, 0.2) is 11.6 Å². The average Bonchev–Trinajstić information content (AvgIpc) is 2.87. The Kier molecular flexibility index (Phi) is 6.00. The van der Waals surface area contributed by atoms with E-state index in [1.165, 1.54) is 12.8 Å². The SMILES string of the molecule is CC1(C)CC[C@]2(C(=O)N3CCOCC3)CC[C@]3(C)C(=CC[C@@H]4[C@@]5(C)CCC(=O)C(C)(C)[C@@H]5CC[C@]43C)[C@@H]2C1. The number of amides is 1. The van der Waals surface area contributed by atoms with Crippen molar-refractivity contribution in [3.05, 3.63) is 11.6 Å². The van der Waals surface area contributed by atoms with Crippen LogP contribution >= 0.6 is 0 Å². The van der Waals surface area contributed by atoms with Gasteiger partial charge in [0.25, 0.3) is 0 Å². The molecule has 0 unspecified atom stereocenters. The molecular formula is C34H53NO3.